The zero-order valence-electron chi connectivity index (χ0n) is 11.2. The monoisotopic (exact) mass is 264 g/mol. The molecule has 0 bridgehead atoms. The third-order valence-corrected chi connectivity index (χ3v) is 3.83. The Morgan fingerprint density at radius 3 is 2.83 bits per heavy atom. The number of rotatable bonds is 6. The normalized spacial score (nSPS) is 12.8. The van der Waals surface area contributed by atoms with E-state index in [1.807, 2.05) is 23.4 Å². The fourth-order valence-corrected chi connectivity index (χ4v) is 2.76. The number of nitrogens with one attached hydrogen (secondary N) is 1. The first-order chi connectivity index (χ1) is 8.74. The summed E-state index contributed by atoms with van der Waals surface area (Å²) in [5.74, 6) is 0. The molecule has 2 aromatic heterocycles. The highest BCUT2D eigenvalue weighted by Gasteiger charge is 2.16. The van der Waals surface area contributed by atoms with Gasteiger partial charge >= 0.3 is 0 Å². The maximum absolute atomic E-state index is 4.53. The highest BCUT2D eigenvalue weighted by atomic mass is 32.1. The maximum Gasteiger partial charge on any atom is 0.0794 e. The van der Waals surface area contributed by atoms with E-state index in [1.54, 1.807) is 11.3 Å². The summed E-state index contributed by atoms with van der Waals surface area (Å²) < 4.78 is 1.99. The van der Waals surface area contributed by atoms with Crippen LogP contribution in [0.1, 0.15) is 36.2 Å². The first kappa shape index (κ1) is 13.2. The fraction of sp³-hybridized carbons (Fsp3) is 0.538. The summed E-state index contributed by atoms with van der Waals surface area (Å²) in [6.45, 7) is 5.23. The van der Waals surface area contributed by atoms with Crippen LogP contribution >= 0.6 is 11.3 Å². The van der Waals surface area contributed by atoms with Crippen LogP contribution in [0.25, 0.3) is 0 Å². The molecule has 5 heteroatoms. The Morgan fingerprint density at radius 2 is 2.28 bits per heavy atom. The summed E-state index contributed by atoms with van der Waals surface area (Å²) in [7, 11) is 2.02. The van der Waals surface area contributed by atoms with Crippen LogP contribution in [0.5, 0.6) is 0 Å². The minimum absolute atomic E-state index is 0.313. The zero-order chi connectivity index (χ0) is 13.0. The van der Waals surface area contributed by atoms with Gasteiger partial charge in [0.05, 0.1) is 22.9 Å². The molecule has 2 rings (SSSR count). The third-order valence-electron chi connectivity index (χ3n) is 3.03. The molecule has 0 aromatic carbocycles. The molecule has 2 heterocycles. The van der Waals surface area contributed by atoms with Crippen molar-refractivity contribution in [1.29, 1.82) is 0 Å². The average Bonchev–Trinajstić information content (AvgIpc) is 2.98. The predicted octanol–water partition coefficient (Wildman–Crippen LogP) is 2.33. The standard InChI is InChI=1S/C13H20N4S/c1-4-10-6-13(17(3)16-10)12(15-5-2)7-11-8-14-9-18-11/h6,8-9,12,15H,4-5,7H2,1-3H3. The van der Waals surface area contributed by atoms with E-state index in [2.05, 4.69) is 35.3 Å². The number of thiazole rings is 1. The second-order valence-corrected chi connectivity index (χ2v) is 5.29. The molecule has 0 amide bonds. The molecule has 0 radical (unpaired) electrons. The highest BCUT2D eigenvalue weighted by Crippen LogP contribution is 2.21. The van der Waals surface area contributed by atoms with Gasteiger partial charge in [-0.25, -0.2) is 0 Å². The summed E-state index contributed by atoms with van der Waals surface area (Å²) in [5, 5.41) is 8.06. The van der Waals surface area contributed by atoms with Gasteiger partial charge in [-0.05, 0) is 19.0 Å². The van der Waals surface area contributed by atoms with Crippen molar-refractivity contribution in [2.75, 3.05) is 6.54 Å². The van der Waals surface area contributed by atoms with Gasteiger partial charge in [0.2, 0.25) is 0 Å². The van der Waals surface area contributed by atoms with Crippen LogP contribution in [0.15, 0.2) is 17.8 Å². The lowest BCUT2D eigenvalue weighted by Gasteiger charge is -2.17. The van der Waals surface area contributed by atoms with E-state index >= 15 is 0 Å². The Labute approximate surface area is 112 Å². The molecule has 4 nitrogen and oxygen atoms in total. The van der Waals surface area contributed by atoms with Crippen molar-refractivity contribution in [3.05, 3.63) is 34.0 Å². The van der Waals surface area contributed by atoms with Crippen LogP contribution in [0.4, 0.5) is 0 Å². The number of likely N-dealkylation sites (N-methyl/N-ethyl adjacent to an activating group) is 1. The number of aryl methyl sites for hydroxylation is 2. The van der Waals surface area contributed by atoms with E-state index in [1.165, 1.54) is 10.6 Å². The molecule has 1 atom stereocenters. The smallest absolute Gasteiger partial charge is 0.0794 e. The van der Waals surface area contributed by atoms with Gasteiger partial charge in [-0.3, -0.25) is 9.67 Å². The lowest BCUT2D eigenvalue weighted by atomic mass is 10.1. The van der Waals surface area contributed by atoms with Crippen molar-refractivity contribution in [1.82, 2.24) is 20.1 Å². The Bertz CT molecular complexity index is 475. The van der Waals surface area contributed by atoms with Gasteiger partial charge in [0.1, 0.15) is 0 Å². The first-order valence-corrected chi connectivity index (χ1v) is 7.26. The largest absolute Gasteiger partial charge is 0.309 e. The van der Waals surface area contributed by atoms with Crippen LogP contribution in [-0.2, 0) is 19.9 Å². The second-order valence-electron chi connectivity index (χ2n) is 4.32. The van der Waals surface area contributed by atoms with Gasteiger partial charge < -0.3 is 5.32 Å². The predicted molar refractivity (Wildman–Crippen MR) is 74.8 cm³/mol. The molecule has 0 aliphatic rings. The van der Waals surface area contributed by atoms with Crippen molar-refractivity contribution in [3.8, 4) is 0 Å². The summed E-state index contributed by atoms with van der Waals surface area (Å²) in [6.07, 6.45) is 3.90. The van der Waals surface area contributed by atoms with Crippen LogP contribution in [0.2, 0.25) is 0 Å². The molecule has 0 spiro atoms. The number of hydrogen-bond acceptors (Lipinski definition) is 4. The maximum atomic E-state index is 4.53. The molecule has 1 unspecified atom stereocenters. The Hall–Kier alpha value is -1.20. The molecular formula is C13H20N4S. The van der Waals surface area contributed by atoms with Gasteiger partial charge in [0.15, 0.2) is 0 Å². The number of nitrogens with zero attached hydrogens (tertiary/aromatic N) is 3. The van der Waals surface area contributed by atoms with Gasteiger partial charge in [-0.15, -0.1) is 11.3 Å². The summed E-state index contributed by atoms with van der Waals surface area (Å²) in [6, 6.07) is 2.52. The Kier molecular flexibility index (Phi) is 4.49. The summed E-state index contributed by atoms with van der Waals surface area (Å²) >= 11 is 1.71. The number of aromatic nitrogens is 3. The van der Waals surface area contributed by atoms with Gasteiger partial charge in [-0.1, -0.05) is 13.8 Å². The minimum atomic E-state index is 0.313. The van der Waals surface area contributed by atoms with E-state index in [0.29, 0.717) is 6.04 Å². The molecule has 18 heavy (non-hydrogen) atoms. The van der Waals surface area contributed by atoms with Crippen LogP contribution < -0.4 is 5.32 Å². The van der Waals surface area contributed by atoms with Gasteiger partial charge in [0.25, 0.3) is 0 Å². The van der Waals surface area contributed by atoms with E-state index < -0.39 is 0 Å². The minimum Gasteiger partial charge on any atom is -0.309 e. The molecule has 0 aliphatic heterocycles. The lowest BCUT2D eigenvalue weighted by Crippen LogP contribution is -2.24. The second kappa shape index (κ2) is 6.11. The highest BCUT2D eigenvalue weighted by molar-refractivity contribution is 7.09. The molecule has 0 aliphatic carbocycles. The fourth-order valence-electron chi connectivity index (χ4n) is 2.11. The first-order valence-electron chi connectivity index (χ1n) is 6.38. The molecule has 98 valence electrons. The van der Waals surface area contributed by atoms with Crippen LogP contribution in [-0.4, -0.2) is 21.3 Å². The molecule has 0 saturated carbocycles. The van der Waals surface area contributed by atoms with Crippen molar-refractivity contribution in [2.24, 2.45) is 7.05 Å². The summed E-state index contributed by atoms with van der Waals surface area (Å²) in [5.41, 5.74) is 4.29. The van der Waals surface area contributed by atoms with Crippen molar-refractivity contribution in [2.45, 2.75) is 32.7 Å². The average molecular weight is 264 g/mol. The van der Waals surface area contributed by atoms with E-state index in [0.717, 1.165) is 25.1 Å². The number of hydrogen-bond donors (Lipinski definition) is 1. The van der Waals surface area contributed by atoms with E-state index in [-0.39, 0.29) is 0 Å². The Morgan fingerprint density at radius 1 is 1.44 bits per heavy atom. The van der Waals surface area contributed by atoms with Crippen LogP contribution in [0, 0.1) is 0 Å². The molecule has 1 N–H and O–H groups in total. The van der Waals surface area contributed by atoms with Gasteiger partial charge in [0, 0.05) is 24.5 Å². The van der Waals surface area contributed by atoms with Gasteiger partial charge in [-0.2, -0.15) is 5.10 Å². The SMILES string of the molecule is CCNC(Cc1cncs1)c1cc(CC)nn1C. The third kappa shape index (κ3) is 2.97. The molecular weight excluding hydrogens is 244 g/mol. The van der Waals surface area contributed by atoms with E-state index in [4.69, 9.17) is 0 Å². The molecule has 0 saturated heterocycles. The summed E-state index contributed by atoms with van der Waals surface area (Å²) in [4.78, 5) is 5.45. The molecule has 0 fully saturated rings. The van der Waals surface area contributed by atoms with Crippen LogP contribution in [0.3, 0.4) is 0 Å². The van der Waals surface area contributed by atoms with Crippen molar-refractivity contribution >= 4 is 11.3 Å². The lowest BCUT2D eigenvalue weighted by molar-refractivity contribution is 0.510. The zero-order valence-corrected chi connectivity index (χ0v) is 12.0. The quantitative estimate of drug-likeness (QED) is 0.871. The topological polar surface area (TPSA) is 42.7 Å². The van der Waals surface area contributed by atoms with Crippen molar-refractivity contribution in [3.63, 3.8) is 0 Å². The van der Waals surface area contributed by atoms with Crippen molar-refractivity contribution < 1.29 is 0 Å². The Balaban J connectivity index is 2.20. The van der Waals surface area contributed by atoms with E-state index in [9.17, 15) is 0 Å². The molecule has 2 aromatic rings.